The molecule has 0 spiro atoms. The number of hydroxylamine groups is 2. The highest BCUT2D eigenvalue weighted by Crippen LogP contribution is 2.47. The first-order chi connectivity index (χ1) is 33.7. The first-order valence-electron chi connectivity index (χ1n) is 24.6. The Morgan fingerprint density at radius 1 is 0.658 bits per heavy atom. The van der Waals surface area contributed by atoms with Gasteiger partial charge in [-0.3, -0.25) is 24.4 Å². The standard InChI is InChI=1S/C29H36ClN3O4.C27H31ClN2O4.2CH4/c1-29(2,3)37-28(35)33-15-12-19(13-16-33)26-23-10-9-22(30)18-21(23)17-20(8-11-25(34)32(4)36-5)24-7-6-14-31-27(24)26;1-27(2,3)34-26(33)30-13-10-17(11-14-30)24-21-8-7-20(28)16-19(21)15-18(6-9-23(31)32)22-5-4-12-29-25(22)24;;/h6-7,9-10,14,17-19,26H,8,11-13,15-16H2,1-5H3;4-5,7-8,12,15-17,24H,6,9-11,13-14H2,1-3H3,(H,31,32);2*1H4. The van der Waals surface area contributed by atoms with E-state index in [1.807, 2.05) is 95.1 Å². The fraction of sp³-hybridized carbons (Fsp3) is 0.483. The van der Waals surface area contributed by atoms with Crippen LogP contribution in [0.5, 0.6) is 0 Å². The van der Waals surface area contributed by atoms with Crippen LogP contribution < -0.4 is 0 Å². The maximum absolute atomic E-state index is 12.7. The summed E-state index contributed by atoms with van der Waals surface area (Å²) in [6, 6.07) is 19.9. The molecule has 8 rings (SSSR count). The lowest BCUT2D eigenvalue weighted by Gasteiger charge is -2.37. The number of likely N-dealkylation sites (tertiary alicyclic amines) is 2. The number of carbonyl (C=O) groups is 4. The van der Waals surface area contributed by atoms with E-state index < -0.39 is 17.2 Å². The average Bonchev–Trinajstić information content (AvgIpc) is 3.55. The number of piperidine rings is 2. The molecular formula is C58H75Cl2N5O8. The van der Waals surface area contributed by atoms with Crippen LogP contribution in [0, 0.1) is 11.8 Å². The van der Waals surface area contributed by atoms with E-state index in [9.17, 15) is 24.3 Å². The molecule has 2 unspecified atom stereocenters. The second-order valence-electron chi connectivity index (χ2n) is 20.8. The molecule has 13 nitrogen and oxygen atoms in total. The number of aromatic nitrogens is 2. The Morgan fingerprint density at radius 3 is 1.42 bits per heavy atom. The molecule has 73 heavy (non-hydrogen) atoms. The number of ether oxygens (including phenoxy) is 2. The monoisotopic (exact) mass is 1040 g/mol. The van der Waals surface area contributed by atoms with Gasteiger partial charge in [-0.15, -0.1) is 0 Å². The lowest BCUT2D eigenvalue weighted by molar-refractivity contribution is -0.168. The normalized spacial score (nSPS) is 17.6. The van der Waals surface area contributed by atoms with Gasteiger partial charge in [-0.25, -0.2) is 14.7 Å². The van der Waals surface area contributed by atoms with Gasteiger partial charge >= 0.3 is 18.2 Å². The van der Waals surface area contributed by atoms with Gasteiger partial charge in [0.2, 0.25) is 5.91 Å². The van der Waals surface area contributed by atoms with Gasteiger partial charge in [-0.05, 0) is 173 Å². The minimum Gasteiger partial charge on any atom is -0.481 e. The summed E-state index contributed by atoms with van der Waals surface area (Å²) in [4.78, 5) is 67.4. The van der Waals surface area contributed by atoms with E-state index in [0.717, 1.165) is 76.0 Å². The maximum Gasteiger partial charge on any atom is 0.410 e. The lowest BCUT2D eigenvalue weighted by Crippen LogP contribution is -2.42. The summed E-state index contributed by atoms with van der Waals surface area (Å²) in [6.45, 7) is 13.8. The molecule has 1 N–H and O–H groups in total. The first kappa shape index (κ1) is 58.1. The summed E-state index contributed by atoms with van der Waals surface area (Å²) in [5, 5.41) is 11.9. The summed E-state index contributed by atoms with van der Waals surface area (Å²) in [7, 11) is 3.10. The number of carbonyl (C=O) groups excluding carboxylic acids is 3. The number of hydrogen-bond donors (Lipinski definition) is 1. The predicted molar refractivity (Wildman–Crippen MR) is 291 cm³/mol. The minimum absolute atomic E-state index is 0. The van der Waals surface area contributed by atoms with Crippen LogP contribution in [0.4, 0.5) is 9.59 Å². The molecule has 2 aromatic heterocycles. The fourth-order valence-electron chi connectivity index (χ4n) is 10.2. The molecule has 4 aromatic rings. The van der Waals surface area contributed by atoms with Crippen molar-refractivity contribution in [2.45, 2.75) is 131 Å². The number of rotatable bonds is 9. The number of aliphatic carboxylic acids is 1. The van der Waals surface area contributed by atoms with Crippen LogP contribution in [0.3, 0.4) is 0 Å². The Bertz CT molecular complexity index is 2660. The lowest BCUT2D eigenvalue weighted by atomic mass is 9.76. The van der Waals surface area contributed by atoms with E-state index >= 15 is 0 Å². The quantitative estimate of drug-likeness (QED) is 0.160. The van der Waals surface area contributed by atoms with Crippen LogP contribution in [-0.2, 0) is 23.9 Å². The summed E-state index contributed by atoms with van der Waals surface area (Å²) in [6.07, 6.45) is 12.0. The van der Waals surface area contributed by atoms with Gasteiger partial charge in [0.25, 0.3) is 0 Å². The van der Waals surface area contributed by atoms with Crippen molar-refractivity contribution in [1.29, 1.82) is 0 Å². The molecule has 2 aliphatic carbocycles. The smallest absolute Gasteiger partial charge is 0.410 e. The highest BCUT2D eigenvalue weighted by Gasteiger charge is 2.38. The van der Waals surface area contributed by atoms with Crippen molar-refractivity contribution in [3.8, 4) is 0 Å². The highest BCUT2D eigenvalue weighted by atomic mass is 35.5. The summed E-state index contributed by atoms with van der Waals surface area (Å²) >= 11 is 12.8. The molecule has 2 aromatic carbocycles. The molecule has 0 radical (unpaired) electrons. The van der Waals surface area contributed by atoms with Crippen LogP contribution in [0.2, 0.25) is 10.0 Å². The summed E-state index contributed by atoms with van der Waals surface area (Å²) < 4.78 is 11.2. The first-order valence-corrected chi connectivity index (χ1v) is 25.3. The van der Waals surface area contributed by atoms with E-state index in [0.29, 0.717) is 61.4 Å². The molecule has 2 atom stereocenters. The van der Waals surface area contributed by atoms with Crippen molar-refractivity contribution >= 4 is 70.6 Å². The van der Waals surface area contributed by atoms with Gasteiger partial charge in [0, 0.05) is 80.3 Å². The molecule has 394 valence electrons. The number of benzene rings is 2. The van der Waals surface area contributed by atoms with Crippen LogP contribution in [0.15, 0.2) is 73.1 Å². The molecule has 2 fully saturated rings. The average molecular weight is 1040 g/mol. The van der Waals surface area contributed by atoms with Crippen molar-refractivity contribution in [2.75, 3.05) is 40.3 Å². The Balaban J connectivity index is 0.000000264. The van der Waals surface area contributed by atoms with Crippen LogP contribution >= 0.6 is 23.2 Å². The second-order valence-corrected chi connectivity index (χ2v) is 21.7. The minimum atomic E-state index is -0.826. The number of carboxylic acids is 1. The molecule has 2 saturated heterocycles. The number of allylic oxidation sites excluding steroid dienone is 2. The zero-order valence-corrected chi connectivity index (χ0v) is 43.7. The molecule has 0 saturated carbocycles. The summed E-state index contributed by atoms with van der Waals surface area (Å²) in [5.41, 5.74) is 9.39. The van der Waals surface area contributed by atoms with Crippen LogP contribution in [0.1, 0.15) is 164 Å². The zero-order valence-electron chi connectivity index (χ0n) is 42.2. The van der Waals surface area contributed by atoms with E-state index in [1.54, 1.807) is 18.1 Å². The van der Waals surface area contributed by atoms with Gasteiger partial charge in [-0.1, -0.05) is 74.5 Å². The third kappa shape index (κ3) is 14.7. The molecule has 4 heterocycles. The highest BCUT2D eigenvalue weighted by molar-refractivity contribution is 6.31. The number of amides is 3. The molecular weight excluding hydrogens is 966 g/mol. The molecule has 15 heteroatoms. The number of fused-ring (bicyclic) bond motifs is 4. The molecule has 0 bridgehead atoms. The van der Waals surface area contributed by atoms with Crippen LogP contribution in [-0.4, -0.2) is 106 Å². The molecule has 2 aliphatic heterocycles. The zero-order chi connectivity index (χ0) is 51.2. The van der Waals surface area contributed by atoms with E-state index in [4.69, 9.17) is 47.5 Å². The van der Waals surface area contributed by atoms with Crippen molar-refractivity contribution in [1.82, 2.24) is 24.8 Å². The SMILES string of the molecule is C.C.CC(C)(C)OC(=O)N1CCC(C2c3ccc(Cl)cc3C=C(CCC(=O)O)c3cccnc32)CC1.CON(C)C(=O)CCC1=Cc2cc(Cl)ccc2C(C2CCN(C(=O)OC(C)(C)C)CC2)c2ncccc21. The Kier molecular flexibility index (Phi) is 19.9. The van der Waals surface area contributed by atoms with Crippen LogP contribution in [0.25, 0.3) is 23.3 Å². The van der Waals surface area contributed by atoms with E-state index in [-0.39, 0.29) is 57.1 Å². The Labute approximate surface area is 442 Å². The third-order valence-electron chi connectivity index (χ3n) is 13.6. The Hall–Kier alpha value is -5.76. The number of pyridine rings is 2. The topological polar surface area (TPSA) is 152 Å². The number of nitrogens with zero attached hydrogens (tertiary/aromatic N) is 5. The maximum atomic E-state index is 12.7. The second kappa shape index (κ2) is 25.0. The number of halogens is 2. The number of hydrogen-bond acceptors (Lipinski definition) is 9. The van der Waals surface area contributed by atoms with Gasteiger partial charge in [-0.2, -0.15) is 0 Å². The third-order valence-corrected chi connectivity index (χ3v) is 14.0. The largest absolute Gasteiger partial charge is 0.481 e. The molecule has 4 aliphatic rings. The van der Waals surface area contributed by atoms with Gasteiger partial charge in [0.05, 0.1) is 18.5 Å². The fourth-order valence-corrected chi connectivity index (χ4v) is 10.6. The van der Waals surface area contributed by atoms with Gasteiger partial charge in [0.1, 0.15) is 11.2 Å². The molecule has 3 amide bonds. The summed E-state index contributed by atoms with van der Waals surface area (Å²) in [5.74, 6) is -0.262. The van der Waals surface area contributed by atoms with Crippen molar-refractivity contribution in [3.05, 3.63) is 128 Å². The van der Waals surface area contributed by atoms with Gasteiger partial charge in [0.15, 0.2) is 0 Å². The number of carboxylic acid groups (broad SMARTS) is 1. The predicted octanol–water partition coefficient (Wildman–Crippen LogP) is 13.7. The Morgan fingerprint density at radius 2 is 1.05 bits per heavy atom. The van der Waals surface area contributed by atoms with Gasteiger partial charge < -0.3 is 24.4 Å². The van der Waals surface area contributed by atoms with Crippen molar-refractivity contribution < 1.29 is 38.6 Å². The van der Waals surface area contributed by atoms with Crippen molar-refractivity contribution in [2.24, 2.45) is 11.8 Å². The van der Waals surface area contributed by atoms with Crippen molar-refractivity contribution in [3.63, 3.8) is 0 Å². The van der Waals surface area contributed by atoms with E-state index in [2.05, 4.69) is 30.4 Å². The van der Waals surface area contributed by atoms with E-state index in [1.165, 1.54) is 17.7 Å².